The van der Waals surface area contributed by atoms with Crippen LogP contribution in [0, 0.1) is 5.92 Å². The summed E-state index contributed by atoms with van der Waals surface area (Å²) < 4.78 is 5.36. The molecule has 0 amide bonds. The lowest BCUT2D eigenvalue weighted by atomic mass is 10.1. The minimum absolute atomic E-state index is 0.654. The number of ether oxygens (including phenoxy) is 1. The number of halogens is 1. The molecular formula is C16H25ClN2O. The van der Waals surface area contributed by atoms with Crippen molar-refractivity contribution in [3.63, 3.8) is 0 Å². The Bertz CT molecular complexity index is 419. The van der Waals surface area contributed by atoms with E-state index in [2.05, 4.69) is 17.1 Å². The average molecular weight is 297 g/mol. The number of benzene rings is 1. The maximum atomic E-state index is 6.23. The monoisotopic (exact) mass is 296 g/mol. The summed E-state index contributed by atoms with van der Waals surface area (Å²) in [4.78, 5) is 2.56. The molecule has 20 heavy (non-hydrogen) atoms. The minimum Gasteiger partial charge on any atom is -0.496 e. The number of hydrogen-bond acceptors (Lipinski definition) is 3. The Balaban J connectivity index is 1.77. The van der Waals surface area contributed by atoms with Gasteiger partial charge < -0.3 is 15.0 Å². The zero-order valence-electron chi connectivity index (χ0n) is 12.5. The average Bonchev–Trinajstić information content (AvgIpc) is 2.93. The first-order chi connectivity index (χ1) is 9.70. The van der Waals surface area contributed by atoms with Gasteiger partial charge >= 0.3 is 0 Å². The predicted octanol–water partition coefficient (Wildman–Crippen LogP) is 3.17. The Morgan fingerprint density at radius 1 is 1.35 bits per heavy atom. The number of hydrogen-bond donors (Lipinski definition) is 1. The zero-order valence-corrected chi connectivity index (χ0v) is 13.2. The van der Waals surface area contributed by atoms with Crippen molar-refractivity contribution >= 4 is 11.6 Å². The number of likely N-dealkylation sites (tertiary alicyclic amines) is 1. The van der Waals surface area contributed by atoms with E-state index in [4.69, 9.17) is 16.3 Å². The van der Waals surface area contributed by atoms with Crippen molar-refractivity contribution in [2.24, 2.45) is 5.92 Å². The Labute approximate surface area is 127 Å². The van der Waals surface area contributed by atoms with Crippen molar-refractivity contribution in [2.45, 2.75) is 26.3 Å². The molecule has 0 saturated carbocycles. The van der Waals surface area contributed by atoms with Crippen LogP contribution < -0.4 is 10.1 Å². The molecule has 1 unspecified atom stereocenters. The first-order valence-electron chi connectivity index (χ1n) is 7.45. The van der Waals surface area contributed by atoms with E-state index < -0.39 is 0 Å². The van der Waals surface area contributed by atoms with E-state index in [1.54, 1.807) is 7.11 Å². The highest BCUT2D eigenvalue weighted by molar-refractivity contribution is 6.31. The van der Waals surface area contributed by atoms with E-state index in [0.717, 1.165) is 29.4 Å². The molecule has 1 saturated heterocycles. The first-order valence-corrected chi connectivity index (χ1v) is 7.83. The molecule has 1 aliphatic rings. The molecule has 3 nitrogen and oxygen atoms in total. The Morgan fingerprint density at radius 3 is 2.80 bits per heavy atom. The van der Waals surface area contributed by atoms with Crippen LogP contribution in [0.2, 0.25) is 5.02 Å². The third-order valence-corrected chi connectivity index (χ3v) is 4.21. The molecule has 1 fully saturated rings. The van der Waals surface area contributed by atoms with Gasteiger partial charge in [0.15, 0.2) is 0 Å². The van der Waals surface area contributed by atoms with Crippen molar-refractivity contribution in [1.82, 2.24) is 10.2 Å². The normalized spacial score (nSPS) is 17.4. The SMILES string of the molecule is COc1cccc(Cl)c1CNCC(C)CN1CCCC1. The van der Waals surface area contributed by atoms with Crippen LogP contribution in [-0.2, 0) is 6.54 Å². The lowest BCUT2D eigenvalue weighted by Crippen LogP contribution is -2.31. The Morgan fingerprint density at radius 2 is 2.10 bits per heavy atom. The Hall–Kier alpha value is -0.770. The molecule has 0 aromatic heterocycles. The van der Waals surface area contributed by atoms with Gasteiger partial charge in [-0.25, -0.2) is 0 Å². The zero-order chi connectivity index (χ0) is 14.4. The fraction of sp³-hybridized carbons (Fsp3) is 0.625. The van der Waals surface area contributed by atoms with Crippen molar-refractivity contribution in [1.29, 1.82) is 0 Å². The maximum absolute atomic E-state index is 6.23. The molecule has 1 aromatic rings. The van der Waals surface area contributed by atoms with Gasteiger partial charge in [-0.3, -0.25) is 0 Å². The lowest BCUT2D eigenvalue weighted by Gasteiger charge is -2.21. The quantitative estimate of drug-likeness (QED) is 0.836. The molecule has 1 N–H and O–H groups in total. The van der Waals surface area contributed by atoms with Crippen LogP contribution in [0.1, 0.15) is 25.3 Å². The summed E-state index contributed by atoms with van der Waals surface area (Å²) in [5.74, 6) is 1.51. The van der Waals surface area contributed by atoms with Gasteiger partial charge in [-0.05, 0) is 50.5 Å². The van der Waals surface area contributed by atoms with Crippen molar-refractivity contribution in [3.8, 4) is 5.75 Å². The van der Waals surface area contributed by atoms with Gasteiger partial charge in [-0.15, -0.1) is 0 Å². The van der Waals surface area contributed by atoms with E-state index >= 15 is 0 Å². The van der Waals surface area contributed by atoms with Crippen LogP contribution in [0.15, 0.2) is 18.2 Å². The van der Waals surface area contributed by atoms with Crippen LogP contribution in [0.3, 0.4) is 0 Å². The fourth-order valence-electron chi connectivity index (χ4n) is 2.82. The third-order valence-electron chi connectivity index (χ3n) is 3.86. The second kappa shape index (κ2) is 7.87. The van der Waals surface area contributed by atoms with E-state index in [9.17, 15) is 0 Å². The molecule has 112 valence electrons. The molecule has 0 spiro atoms. The molecule has 0 bridgehead atoms. The summed E-state index contributed by atoms with van der Waals surface area (Å²) in [6, 6.07) is 5.78. The minimum atomic E-state index is 0.654. The smallest absolute Gasteiger partial charge is 0.124 e. The van der Waals surface area contributed by atoms with Gasteiger partial charge in [0.25, 0.3) is 0 Å². The summed E-state index contributed by atoms with van der Waals surface area (Å²) in [7, 11) is 1.69. The van der Waals surface area contributed by atoms with Gasteiger partial charge in [0, 0.05) is 23.7 Å². The van der Waals surface area contributed by atoms with Crippen molar-refractivity contribution < 1.29 is 4.74 Å². The first kappa shape index (κ1) is 15.6. The Kier molecular flexibility index (Phi) is 6.14. The number of nitrogens with zero attached hydrogens (tertiary/aromatic N) is 1. The lowest BCUT2D eigenvalue weighted by molar-refractivity contribution is 0.282. The molecule has 2 rings (SSSR count). The summed E-state index contributed by atoms with van der Waals surface area (Å²) in [6.45, 7) is 7.78. The van der Waals surface area contributed by atoms with E-state index in [0.29, 0.717) is 5.92 Å². The highest BCUT2D eigenvalue weighted by atomic mass is 35.5. The molecule has 1 heterocycles. The van der Waals surface area contributed by atoms with Crippen LogP contribution in [0.25, 0.3) is 0 Å². The largest absolute Gasteiger partial charge is 0.496 e. The molecule has 1 atom stereocenters. The number of nitrogens with one attached hydrogen (secondary N) is 1. The highest BCUT2D eigenvalue weighted by Gasteiger charge is 2.14. The molecule has 1 aliphatic heterocycles. The van der Waals surface area contributed by atoms with Crippen molar-refractivity contribution in [2.75, 3.05) is 33.3 Å². The summed E-state index contributed by atoms with van der Waals surface area (Å²) in [5, 5.41) is 4.27. The van der Waals surface area contributed by atoms with Crippen LogP contribution in [0.4, 0.5) is 0 Å². The summed E-state index contributed by atoms with van der Waals surface area (Å²) in [5.41, 5.74) is 1.05. The van der Waals surface area contributed by atoms with Gasteiger partial charge in [0.05, 0.1) is 7.11 Å². The number of rotatable bonds is 7. The van der Waals surface area contributed by atoms with Gasteiger partial charge in [-0.1, -0.05) is 24.6 Å². The molecule has 4 heteroatoms. The van der Waals surface area contributed by atoms with E-state index in [1.165, 1.54) is 32.5 Å². The maximum Gasteiger partial charge on any atom is 0.124 e. The predicted molar refractivity (Wildman–Crippen MR) is 84.5 cm³/mol. The van der Waals surface area contributed by atoms with Crippen LogP contribution >= 0.6 is 11.6 Å². The van der Waals surface area contributed by atoms with Crippen LogP contribution in [-0.4, -0.2) is 38.2 Å². The summed E-state index contributed by atoms with van der Waals surface area (Å²) >= 11 is 6.23. The van der Waals surface area contributed by atoms with Crippen LogP contribution in [0.5, 0.6) is 5.75 Å². The van der Waals surface area contributed by atoms with Gasteiger partial charge in [0.1, 0.15) is 5.75 Å². The van der Waals surface area contributed by atoms with Crippen molar-refractivity contribution in [3.05, 3.63) is 28.8 Å². The standard InChI is InChI=1S/C16H25ClN2O/c1-13(12-19-8-3-4-9-19)10-18-11-14-15(17)6-5-7-16(14)20-2/h5-7,13,18H,3-4,8-12H2,1-2H3. The summed E-state index contributed by atoms with van der Waals surface area (Å²) in [6.07, 6.45) is 2.72. The fourth-order valence-corrected chi connectivity index (χ4v) is 3.05. The van der Waals surface area contributed by atoms with E-state index in [-0.39, 0.29) is 0 Å². The molecule has 1 aromatic carbocycles. The topological polar surface area (TPSA) is 24.5 Å². The van der Waals surface area contributed by atoms with Gasteiger partial charge in [0.2, 0.25) is 0 Å². The molecular weight excluding hydrogens is 272 g/mol. The molecule has 0 radical (unpaired) electrons. The second-order valence-electron chi connectivity index (χ2n) is 5.66. The van der Waals surface area contributed by atoms with E-state index in [1.807, 2.05) is 18.2 Å². The molecule has 0 aliphatic carbocycles. The second-order valence-corrected chi connectivity index (χ2v) is 6.07. The highest BCUT2D eigenvalue weighted by Crippen LogP contribution is 2.25. The third kappa shape index (κ3) is 4.37. The van der Waals surface area contributed by atoms with Gasteiger partial charge in [-0.2, -0.15) is 0 Å². The number of methoxy groups -OCH3 is 1.